The summed E-state index contributed by atoms with van der Waals surface area (Å²) in [4.78, 5) is 15.9. The number of hydrogen-bond donors (Lipinski definition) is 1. The summed E-state index contributed by atoms with van der Waals surface area (Å²) in [5.74, 6) is 0.223. The zero-order chi connectivity index (χ0) is 12.7. The highest BCUT2D eigenvalue weighted by Crippen LogP contribution is 2.19. The first-order valence-electron chi connectivity index (χ1n) is 6.78. The van der Waals surface area contributed by atoms with E-state index < -0.39 is 0 Å². The summed E-state index contributed by atoms with van der Waals surface area (Å²) in [6.45, 7) is 4.94. The second-order valence-corrected chi connectivity index (χ2v) is 4.86. The Labute approximate surface area is 105 Å². The number of rotatable bonds is 6. The van der Waals surface area contributed by atoms with E-state index >= 15 is 0 Å². The van der Waals surface area contributed by atoms with Crippen LogP contribution in [0.2, 0.25) is 0 Å². The summed E-state index contributed by atoms with van der Waals surface area (Å²) >= 11 is 0. The highest BCUT2D eigenvalue weighted by atomic mass is 16.3. The van der Waals surface area contributed by atoms with Crippen molar-refractivity contribution in [1.82, 2.24) is 9.80 Å². The Balaban J connectivity index is 2.35. The zero-order valence-electron chi connectivity index (χ0n) is 11.2. The number of carbonyl (C=O) groups excluding carboxylic acids is 1. The van der Waals surface area contributed by atoms with Crippen LogP contribution in [0.5, 0.6) is 0 Å². The third-order valence-electron chi connectivity index (χ3n) is 3.72. The third kappa shape index (κ3) is 4.64. The maximum Gasteiger partial charge on any atom is 0.223 e. The maximum absolute atomic E-state index is 11.7. The van der Waals surface area contributed by atoms with Gasteiger partial charge in [-0.2, -0.15) is 0 Å². The van der Waals surface area contributed by atoms with E-state index in [1.165, 1.54) is 19.3 Å². The van der Waals surface area contributed by atoms with Gasteiger partial charge in [0.2, 0.25) is 5.91 Å². The number of hydrogen-bond acceptors (Lipinski definition) is 3. The van der Waals surface area contributed by atoms with Crippen molar-refractivity contribution in [3.63, 3.8) is 0 Å². The van der Waals surface area contributed by atoms with E-state index in [4.69, 9.17) is 5.11 Å². The van der Waals surface area contributed by atoms with Gasteiger partial charge in [-0.25, -0.2) is 0 Å². The van der Waals surface area contributed by atoms with E-state index in [1.54, 1.807) is 4.90 Å². The second-order valence-electron chi connectivity index (χ2n) is 4.86. The molecule has 0 aromatic heterocycles. The van der Waals surface area contributed by atoms with Gasteiger partial charge in [-0.1, -0.05) is 6.42 Å². The SMILES string of the molecule is CCN(C)C(=O)CCN1CCCCC1CCO. The van der Waals surface area contributed by atoms with Crippen molar-refractivity contribution in [3.8, 4) is 0 Å². The standard InChI is InChI=1S/C13H26N2O2/c1-3-14(2)13(17)7-10-15-9-5-4-6-12(15)8-11-16/h12,16H,3-11H2,1-2H3. The normalized spacial score (nSPS) is 21.5. The van der Waals surface area contributed by atoms with Crippen LogP contribution >= 0.6 is 0 Å². The number of amides is 1. The lowest BCUT2D eigenvalue weighted by atomic mass is 9.99. The van der Waals surface area contributed by atoms with Crippen molar-refractivity contribution in [2.75, 3.05) is 33.3 Å². The van der Waals surface area contributed by atoms with Crippen LogP contribution in [-0.4, -0.2) is 60.1 Å². The average Bonchev–Trinajstić information content (AvgIpc) is 2.36. The summed E-state index contributed by atoms with van der Waals surface area (Å²) in [7, 11) is 1.85. The molecule has 1 aliphatic heterocycles. The molecule has 4 heteroatoms. The van der Waals surface area contributed by atoms with Gasteiger partial charge in [-0.3, -0.25) is 9.69 Å². The van der Waals surface area contributed by atoms with E-state index in [-0.39, 0.29) is 12.5 Å². The van der Waals surface area contributed by atoms with Crippen molar-refractivity contribution < 1.29 is 9.90 Å². The lowest BCUT2D eigenvalue weighted by molar-refractivity contribution is -0.130. The molecule has 0 bridgehead atoms. The van der Waals surface area contributed by atoms with Crippen LogP contribution in [0.3, 0.4) is 0 Å². The number of carbonyl (C=O) groups is 1. The molecule has 1 N–H and O–H groups in total. The van der Waals surface area contributed by atoms with E-state index in [2.05, 4.69) is 4.90 Å². The van der Waals surface area contributed by atoms with Crippen molar-refractivity contribution in [2.45, 2.75) is 45.1 Å². The molecule has 1 amide bonds. The summed E-state index contributed by atoms with van der Waals surface area (Å²) in [5, 5.41) is 9.04. The Morgan fingerprint density at radius 3 is 2.88 bits per heavy atom. The molecule has 100 valence electrons. The topological polar surface area (TPSA) is 43.8 Å². The molecule has 0 radical (unpaired) electrons. The molecule has 0 aromatic carbocycles. The fraction of sp³-hybridized carbons (Fsp3) is 0.923. The zero-order valence-corrected chi connectivity index (χ0v) is 11.2. The predicted molar refractivity (Wildman–Crippen MR) is 68.8 cm³/mol. The molecular weight excluding hydrogens is 216 g/mol. The smallest absolute Gasteiger partial charge is 0.223 e. The van der Waals surface area contributed by atoms with Gasteiger partial charge < -0.3 is 10.0 Å². The molecule has 4 nitrogen and oxygen atoms in total. The van der Waals surface area contributed by atoms with E-state index in [0.29, 0.717) is 12.5 Å². The minimum Gasteiger partial charge on any atom is -0.396 e. The predicted octanol–water partition coefficient (Wildman–Crippen LogP) is 1.09. The maximum atomic E-state index is 11.7. The summed E-state index contributed by atoms with van der Waals surface area (Å²) in [6.07, 6.45) is 5.09. The van der Waals surface area contributed by atoms with Gasteiger partial charge in [-0.15, -0.1) is 0 Å². The fourth-order valence-electron chi connectivity index (χ4n) is 2.44. The first kappa shape index (κ1) is 14.5. The number of aliphatic hydroxyl groups excluding tert-OH is 1. The van der Waals surface area contributed by atoms with Crippen LogP contribution in [0.25, 0.3) is 0 Å². The molecule has 1 saturated heterocycles. The van der Waals surface area contributed by atoms with Gasteiger partial charge in [0.25, 0.3) is 0 Å². The molecule has 0 spiro atoms. The van der Waals surface area contributed by atoms with Gasteiger partial charge >= 0.3 is 0 Å². The van der Waals surface area contributed by atoms with Gasteiger partial charge in [-0.05, 0) is 32.7 Å². The molecule has 0 aromatic rings. The highest BCUT2D eigenvalue weighted by Gasteiger charge is 2.22. The van der Waals surface area contributed by atoms with Gasteiger partial charge in [0.1, 0.15) is 0 Å². The number of likely N-dealkylation sites (tertiary alicyclic amines) is 1. The minimum atomic E-state index is 0.223. The fourth-order valence-corrected chi connectivity index (χ4v) is 2.44. The second kappa shape index (κ2) is 7.67. The van der Waals surface area contributed by atoms with Crippen molar-refractivity contribution >= 4 is 5.91 Å². The quantitative estimate of drug-likeness (QED) is 0.758. The van der Waals surface area contributed by atoms with Crippen molar-refractivity contribution in [2.24, 2.45) is 0 Å². The Morgan fingerprint density at radius 1 is 1.47 bits per heavy atom. The van der Waals surface area contributed by atoms with Crippen LogP contribution < -0.4 is 0 Å². The molecule has 1 aliphatic rings. The highest BCUT2D eigenvalue weighted by molar-refractivity contribution is 5.75. The molecule has 1 fully saturated rings. The van der Waals surface area contributed by atoms with Gasteiger partial charge in [0, 0.05) is 39.2 Å². The summed E-state index contributed by atoms with van der Waals surface area (Å²) < 4.78 is 0. The first-order chi connectivity index (χ1) is 8.19. The molecule has 1 atom stereocenters. The van der Waals surface area contributed by atoms with Crippen LogP contribution in [0.1, 0.15) is 39.0 Å². The van der Waals surface area contributed by atoms with Gasteiger partial charge in [0.05, 0.1) is 0 Å². The lowest BCUT2D eigenvalue weighted by Gasteiger charge is -2.35. The number of piperidine rings is 1. The monoisotopic (exact) mass is 242 g/mol. The summed E-state index contributed by atoms with van der Waals surface area (Å²) in [6, 6.07) is 0.480. The Kier molecular flexibility index (Phi) is 6.52. The molecule has 1 rings (SSSR count). The van der Waals surface area contributed by atoms with Crippen LogP contribution in [0.15, 0.2) is 0 Å². The van der Waals surface area contributed by atoms with E-state index in [0.717, 1.165) is 26.1 Å². The Morgan fingerprint density at radius 2 is 2.24 bits per heavy atom. The number of nitrogens with zero attached hydrogens (tertiary/aromatic N) is 2. The first-order valence-corrected chi connectivity index (χ1v) is 6.78. The third-order valence-corrected chi connectivity index (χ3v) is 3.72. The van der Waals surface area contributed by atoms with Gasteiger partial charge in [0.15, 0.2) is 0 Å². The van der Waals surface area contributed by atoms with Crippen LogP contribution in [0.4, 0.5) is 0 Å². The van der Waals surface area contributed by atoms with Crippen LogP contribution in [-0.2, 0) is 4.79 Å². The number of aliphatic hydroxyl groups is 1. The molecule has 1 heterocycles. The average molecular weight is 242 g/mol. The molecule has 17 heavy (non-hydrogen) atoms. The lowest BCUT2D eigenvalue weighted by Crippen LogP contribution is -2.42. The van der Waals surface area contributed by atoms with Crippen molar-refractivity contribution in [3.05, 3.63) is 0 Å². The van der Waals surface area contributed by atoms with Crippen molar-refractivity contribution in [1.29, 1.82) is 0 Å². The summed E-state index contributed by atoms with van der Waals surface area (Å²) in [5.41, 5.74) is 0. The largest absolute Gasteiger partial charge is 0.396 e. The molecule has 0 saturated carbocycles. The molecule has 1 unspecified atom stereocenters. The molecule has 0 aliphatic carbocycles. The van der Waals surface area contributed by atoms with E-state index in [1.807, 2.05) is 14.0 Å². The Bertz CT molecular complexity index is 231. The molecular formula is C13H26N2O2. The van der Waals surface area contributed by atoms with Crippen LogP contribution in [0, 0.1) is 0 Å². The Hall–Kier alpha value is -0.610. The minimum absolute atomic E-state index is 0.223. The van der Waals surface area contributed by atoms with E-state index in [9.17, 15) is 4.79 Å².